The summed E-state index contributed by atoms with van der Waals surface area (Å²) in [5, 5.41) is 2.01. The number of amides is 1. The van der Waals surface area contributed by atoms with Crippen LogP contribution in [0.4, 0.5) is 5.69 Å². The van der Waals surface area contributed by atoms with Gasteiger partial charge in [0, 0.05) is 33.5 Å². The fraction of sp³-hybridized carbons (Fsp3) is 0.133. The van der Waals surface area contributed by atoms with Crippen LogP contribution in [0.5, 0.6) is 0 Å². The molecule has 1 amide bonds. The van der Waals surface area contributed by atoms with Crippen molar-refractivity contribution in [2.45, 2.75) is 6.54 Å². The number of likely N-dealkylation sites (N-methyl/N-ethyl adjacent to an activating group) is 1. The second kappa shape index (κ2) is 6.72. The standard InChI is InChI=1S/C15H15BrN2OS/c1-18(9-14-8-12(16)10-20-14)15(19)7-4-11-2-5-13(17)6-3-11/h2-8,10H,9,17H2,1H3/b7-4+. The Labute approximate surface area is 130 Å². The van der Waals surface area contributed by atoms with Crippen LogP contribution in [-0.2, 0) is 11.3 Å². The number of benzene rings is 1. The first kappa shape index (κ1) is 14.8. The highest BCUT2D eigenvalue weighted by Crippen LogP contribution is 2.20. The predicted octanol–water partition coefficient (Wildman–Crippen LogP) is 3.76. The van der Waals surface area contributed by atoms with Crippen LogP contribution in [0.3, 0.4) is 0 Å². The zero-order valence-electron chi connectivity index (χ0n) is 11.0. The molecule has 20 heavy (non-hydrogen) atoms. The number of nitrogens with zero attached hydrogens (tertiary/aromatic N) is 1. The molecule has 1 aromatic carbocycles. The molecule has 3 nitrogen and oxygen atoms in total. The van der Waals surface area contributed by atoms with E-state index in [1.165, 1.54) is 0 Å². The fourth-order valence-corrected chi connectivity index (χ4v) is 3.15. The van der Waals surface area contributed by atoms with E-state index < -0.39 is 0 Å². The molecule has 2 rings (SSSR count). The van der Waals surface area contributed by atoms with E-state index in [0.29, 0.717) is 12.2 Å². The summed E-state index contributed by atoms with van der Waals surface area (Å²) >= 11 is 5.04. The smallest absolute Gasteiger partial charge is 0.246 e. The van der Waals surface area contributed by atoms with E-state index in [1.54, 1.807) is 35.4 Å². The Morgan fingerprint density at radius 3 is 2.70 bits per heavy atom. The van der Waals surface area contributed by atoms with Crippen LogP contribution in [-0.4, -0.2) is 17.9 Å². The first-order chi connectivity index (χ1) is 9.54. The van der Waals surface area contributed by atoms with Crippen molar-refractivity contribution in [2.75, 3.05) is 12.8 Å². The molecule has 1 heterocycles. The van der Waals surface area contributed by atoms with Crippen LogP contribution in [0.15, 0.2) is 46.3 Å². The zero-order valence-corrected chi connectivity index (χ0v) is 13.4. The SMILES string of the molecule is CN(Cc1cc(Br)cs1)C(=O)/C=C/c1ccc(N)cc1. The highest BCUT2D eigenvalue weighted by atomic mass is 79.9. The second-order valence-electron chi connectivity index (χ2n) is 4.43. The summed E-state index contributed by atoms with van der Waals surface area (Å²) in [7, 11) is 1.79. The van der Waals surface area contributed by atoms with E-state index in [0.717, 1.165) is 14.9 Å². The first-order valence-electron chi connectivity index (χ1n) is 6.06. The van der Waals surface area contributed by atoms with Gasteiger partial charge in [-0.15, -0.1) is 11.3 Å². The van der Waals surface area contributed by atoms with Crippen molar-refractivity contribution in [3.63, 3.8) is 0 Å². The van der Waals surface area contributed by atoms with Crippen molar-refractivity contribution >= 4 is 44.9 Å². The van der Waals surface area contributed by atoms with Gasteiger partial charge in [0.25, 0.3) is 0 Å². The summed E-state index contributed by atoms with van der Waals surface area (Å²) < 4.78 is 1.05. The lowest BCUT2D eigenvalue weighted by Crippen LogP contribution is -2.23. The first-order valence-corrected chi connectivity index (χ1v) is 7.73. The number of anilines is 1. The van der Waals surface area contributed by atoms with Gasteiger partial charge in [-0.3, -0.25) is 4.79 Å². The molecule has 5 heteroatoms. The molecule has 0 aliphatic carbocycles. The Bertz CT molecular complexity index is 619. The number of hydrogen-bond acceptors (Lipinski definition) is 3. The summed E-state index contributed by atoms with van der Waals surface area (Å²) in [6.07, 6.45) is 3.37. The van der Waals surface area contributed by atoms with Crippen molar-refractivity contribution < 1.29 is 4.79 Å². The molecule has 0 saturated heterocycles. The minimum Gasteiger partial charge on any atom is -0.399 e. The van der Waals surface area contributed by atoms with Crippen molar-refractivity contribution in [3.05, 3.63) is 56.7 Å². The summed E-state index contributed by atoms with van der Waals surface area (Å²) in [6, 6.07) is 9.43. The van der Waals surface area contributed by atoms with Gasteiger partial charge in [0.2, 0.25) is 5.91 Å². The summed E-state index contributed by atoms with van der Waals surface area (Å²) in [6.45, 7) is 0.612. The van der Waals surface area contributed by atoms with Gasteiger partial charge in [-0.2, -0.15) is 0 Å². The Morgan fingerprint density at radius 2 is 2.10 bits per heavy atom. The lowest BCUT2D eigenvalue weighted by atomic mass is 10.2. The van der Waals surface area contributed by atoms with Crippen molar-refractivity contribution in [1.29, 1.82) is 0 Å². The second-order valence-corrected chi connectivity index (χ2v) is 6.34. The molecule has 2 N–H and O–H groups in total. The molecule has 0 fully saturated rings. The van der Waals surface area contributed by atoms with E-state index in [9.17, 15) is 4.79 Å². The molecule has 2 aromatic rings. The molecular weight excluding hydrogens is 336 g/mol. The third-order valence-electron chi connectivity index (χ3n) is 2.75. The largest absolute Gasteiger partial charge is 0.399 e. The molecule has 104 valence electrons. The van der Waals surface area contributed by atoms with Gasteiger partial charge in [-0.25, -0.2) is 0 Å². The highest BCUT2D eigenvalue weighted by molar-refractivity contribution is 9.10. The van der Waals surface area contributed by atoms with Crippen molar-refractivity contribution in [1.82, 2.24) is 4.90 Å². The molecule has 0 bridgehead atoms. The summed E-state index contributed by atoms with van der Waals surface area (Å²) in [4.78, 5) is 14.8. The third-order valence-corrected chi connectivity index (χ3v) is 4.43. The van der Waals surface area contributed by atoms with Gasteiger partial charge in [-0.1, -0.05) is 12.1 Å². The summed E-state index contributed by atoms with van der Waals surface area (Å²) in [5.74, 6) is -0.0219. The highest BCUT2D eigenvalue weighted by Gasteiger charge is 2.07. The number of carbonyl (C=O) groups is 1. The molecule has 0 radical (unpaired) electrons. The average molecular weight is 351 g/mol. The normalized spacial score (nSPS) is 10.9. The summed E-state index contributed by atoms with van der Waals surface area (Å²) in [5.41, 5.74) is 7.29. The minimum atomic E-state index is -0.0219. The molecule has 0 unspecified atom stereocenters. The molecule has 0 aliphatic rings. The molecule has 0 saturated carbocycles. The van der Waals surface area contributed by atoms with Crippen LogP contribution < -0.4 is 5.73 Å². The lowest BCUT2D eigenvalue weighted by Gasteiger charge is -2.13. The number of nitrogen functional groups attached to an aromatic ring is 1. The number of rotatable bonds is 4. The molecular formula is C15H15BrN2OS. The van der Waals surface area contributed by atoms with Crippen LogP contribution in [0.25, 0.3) is 6.08 Å². The van der Waals surface area contributed by atoms with E-state index in [2.05, 4.69) is 15.9 Å². The average Bonchev–Trinajstić information content (AvgIpc) is 2.83. The maximum Gasteiger partial charge on any atom is 0.246 e. The third kappa shape index (κ3) is 4.21. The number of halogens is 1. The molecule has 1 aromatic heterocycles. The van der Waals surface area contributed by atoms with Crippen LogP contribution in [0.1, 0.15) is 10.4 Å². The topological polar surface area (TPSA) is 46.3 Å². The number of nitrogens with two attached hydrogens (primary N) is 1. The molecule has 0 aliphatic heterocycles. The number of thiophene rings is 1. The Kier molecular flexibility index (Phi) is 4.98. The van der Waals surface area contributed by atoms with Gasteiger partial charge < -0.3 is 10.6 Å². The maximum absolute atomic E-state index is 12.0. The van der Waals surface area contributed by atoms with Gasteiger partial charge in [0.05, 0.1) is 6.54 Å². The van der Waals surface area contributed by atoms with Crippen molar-refractivity contribution in [2.24, 2.45) is 0 Å². The van der Waals surface area contributed by atoms with E-state index in [1.807, 2.05) is 35.7 Å². The van der Waals surface area contributed by atoms with Gasteiger partial charge >= 0.3 is 0 Å². The van der Waals surface area contributed by atoms with Crippen molar-refractivity contribution in [3.8, 4) is 0 Å². The Morgan fingerprint density at radius 1 is 1.40 bits per heavy atom. The Balaban J connectivity index is 1.95. The fourth-order valence-electron chi connectivity index (χ4n) is 1.65. The van der Waals surface area contributed by atoms with Crippen LogP contribution in [0.2, 0.25) is 0 Å². The monoisotopic (exact) mass is 350 g/mol. The lowest BCUT2D eigenvalue weighted by molar-refractivity contribution is -0.125. The van der Waals surface area contributed by atoms with Gasteiger partial charge in [0.1, 0.15) is 0 Å². The number of hydrogen-bond donors (Lipinski definition) is 1. The van der Waals surface area contributed by atoms with E-state index in [-0.39, 0.29) is 5.91 Å². The molecule has 0 spiro atoms. The van der Waals surface area contributed by atoms with Crippen LogP contribution >= 0.6 is 27.3 Å². The quantitative estimate of drug-likeness (QED) is 0.673. The van der Waals surface area contributed by atoms with E-state index in [4.69, 9.17) is 5.73 Å². The molecule has 0 atom stereocenters. The zero-order chi connectivity index (χ0) is 14.5. The van der Waals surface area contributed by atoms with Gasteiger partial charge in [-0.05, 0) is 45.8 Å². The maximum atomic E-state index is 12.0. The van der Waals surface area contributed by atoms with Crippen LogP contribution in [0, 0.1) is 0 Å². The van der Waals surface area contributed by atoms with E-state index >= 15 is 0 Å². The van der Waals surface area contributed by atoms with Gasteiger partial charge in [0.15, 0.2) is 0 Å². The minimum absolute atomic E-state index is 0.0219. The Hall–Kier alpha value is -1.59. The number of carbonyl (C=O) groups excluding carboxylic acids is 1. The predicted molar refractivity (Wildman–Crippen MR) is 88.4 cm³/mol.